The molecule has 0 amide bonds. The van der Waals surface area contributed by atoms with E-state index in [4.69, 9.17) is 10.2 Å². The van der Waals surface area contributed by atoms with Crippen molar-refractivity contribution in [2.75, 3.05) is 13.1 Å². The van der Waals surface area contributed by atoms with Crippen LogP contribution >= 0.6 is 0 Å². The normalized spacial score (nSPS) is 15.4. The smallest absolute Gasteiger partial charge is 0.117 e. The first kappa shape index (κ1) is 13.6. The first-order valence-electron chi connectivity index (χ1n) is 7.36. The van der Waals surface area contributed by atoms with Crippen molar-refractivity contribution in [3.05, 3.63) is 24.2 Å². The van der Waals surface area contributed by atoms with Crippen molar-refractivity contribution < 1.29 is 4.42 Å². The Morgan fingerprint density at radius 3 is 2.61 bits per heavy atom. The van der Waals surface area contributed by atoms with Gasteiger partial charge in [0.15, 0.2) is 0 Å². The molecule has 1 heterocycles. The first-order valence-corrected chi connectivity index (χ1v) is 7.36. The summed E-state index contributed by atoms with van der Waals surface area (Å²) in [6.45, 7) is 3.04. The van der Waals surface area contributed by atoms with Gasteiger partial charge in [-0.05, 0) is 50.9 Å². The molecule has 0 aromatic carbocycles. The third kappa shape index (κ3) is 4.83. The predicted octanol–water partition coefficient (Wildman–Crippen LogP) is 3.15. The van der Waals surface area contributed by atoms with E-state index in [0.717, 1.165) is 24.9 Å². The van der Waals surface area contributed by atoms with Crippen LogP contribution in [-0.2, 0) is 6.54 Å². The molecule has 1 saturated carbocycles. The monoisotopic (exact) mass is 250 g/mol. The summed E-state index contributed by atoms with van der Waals surface area (Å²) >= 11 is 0. The van der Waals surface area contributed by atoms with Gasteiger partial charge in [-0.25, -0.2) is 0 Å². The predicted molar refractivity (Wildman–Crippen MR) is 74.3 cm³/mol. The molecule has 0 atom stereocenters. The summed E-state index contributed by atoms with van der Waals surface area (Å²) in [6, 6.07) is 4.88. The molecule has 0 spiro atoms. The lowest BCUT2D eigenvalue weighted by atomic mass is 10.1. The van der Waals surface area contributed by atoms with Crippen LogP contribution in [0.4, 0.5) is 0 Å². The van der Waals surface area contributed by atoms with Crippen LogP contribution in [0.25, 0.3) is 0 Å². The average molecular weight is 250 g/mol. The zero-order valence-corrected chi connectivity index (χ0v) is 11.3. The third-order valence-electron chi connectivity index (χ3n) is 3.65. The largest absolute Gasteiger partial charge is 0.468 e. The van der Waals surface area contributed by atoms with Crippen LogP contribution in [0.2, 0.25) is 0 Å². The molecule has 1 aliphatic rings. The van der Waals surface area contributed by atoms with Crippen molar-refractivity contribution in [3.8, 4) is 0 Å². The van der Waals surface area contributed by atoms with Gasteiger partial charge in [-0.1, -0.05) is 19.3 Å². The van der Waals surface area contributed by atoms with Crippen LogP contribution in [0.15, 0.2) is 22.8 Å². The Morgan fingerprint density at radius 1 is 1.17 bits per heavy atom. The molecule has 2 N–H and O–H groups in total. The number of hydrogen-bond acceptors (Lipinski definition) is 3. The van der Waals surface area contributed by atoms with Crippen molar-refractivity contribution in [1.29, 1.82) is 0 Å². The molecule has 102 valence electrons. The highest BCUT2D eigenvalue weighted by atomic mass is 16.3. The zero-order chi connectivity index (χ0) is 12.6. The Morgan fingerprint density at radius 2 is 1.94 bits per heavy atom. The van der Waals surface area contributed by atoms with Gasteiger partial charge in [0.1, 0.15) is 5.76 Å². The van der Waals surface area contributed by atoms with E-state index in [9.17, 15) is 0 Å². The fraction of sp³-hybridized carbons (Fsp3) is 0.733. The van der Waals surface area contributed by atoms with Crippen molar-refractivity contribution in [2.24, 2.45) is 5.73 Å². The lowest BCUT2D eigenvalue weighted by molar-refractivity contribution is 0.228. The molecule has 1 aliphatic carbocycles. The molecule has 0 saturated heterocycles. The molecule has 3 nitrogen and oxygen atoms in total. The summed E-state index contributed by atoms with van der Waals surface area (Å²) in [5.74, 6) is 1.10. The SMILES string of the molecule is NCCCCCCCN(Cc1ccco1)C1CC1. The minimum Gasteiger partial charge on any atom is -0.468 e. The maximum absolute atomic E-state index is 5.50. The zero-order valence-electron chi connectivity index (χ0n) is 11.3. The van der Waals surface area contributed by atoms with Gasteiger partial charge >= 0.3 is 0 Å². The van der Waals surface area contributed by atoms with Gasteiger partial charge < -0.3 is 10.2 Å². The molecule has 1 aromatic rings. The summed E-state index contributed by atoms with van der Waals surface area (Å²) < 4.78 is 5.45. The van der Waals surface area contributed by atoms with Gasteiger partial charge in [-0.3, -0.25) is 4.90 Å². The van der Waals surface area contributed by atoms with Crippen LogP contribution < -0.4 is 5.73 Å². The molecule has 18 heavy (non-hydrogen) atoms. The van der Waals surface area contributed by atoms with Gasteiger partial charge in [0.2, 0.25) is 0 Å². The van der Waals surface area contributed by atoms with E-state index in [0.29, 0.717) is 0 Å². The Labute approximate surface area is 110 Å². The maximum Gasteiger partial charge on any atom is 0.117 e. The topological polar surface area (TPSA) is 42.4 Å². The van der Waals surface area contributed by atoms with Crippen LogP contribution in [0.3, 0.4) is 0 Å². The van der Waals surface area contributed by atoms with Gasteiger partial charge in [-0.2, -0.15) is 0 Å². The average Bonchev–Trinajstić information content (AvgIpc) is 3.10. The highest BCUT2D eigenvalue weighted by Gasteiger charge is 2.28. The lowest BCUT2D eigenvalue weighted by Gasteiger charge is -2.20. The Hall–Kier alpha value is -0.800. The molecular weight excluding hydrogens is 224 g/mol. The second kappa shape index (κ2) is 7.59. The van der Waals surface area contributed by atoms with Crippen molar-refractivity contribution in [1.82, 2.24) is 4.90 Å². The molecule has 0 aliphatic heterocycles. The fourth-order valence-corrected chi connectivity index (χ4v) is 2.42. The maximum atomic E-state index is 5.50. The number of unbranched alkanes of at least 4 members (excludes halogenated alkanes) is 4. The summed E-state index contributed by atoms with van der Waals surface area (Å²) in [7, 11) is 0. The van der Waals surface area contributed by atoms with E-state index < -0.39 is 0 Å². The van der Waals surface area contributed by atoms with Gasteiger partial charge in [0, 0.05) is 6.04 Å². The standard InChI is InChI=1S/C15H26N2O/c16-10-4-2-1-3-5-11-17(14-8-9-14)13-15-7-6-12-18-15/h6-7,12,14H,1-5,8-11,13,16H2. The second-order valence-electron chi connectivity index (χ2n) is 5.34. The summed E-state index contributed by atoms with van der Waals surface area (Å²) in [6.07, 6.45) is 10.9. The van der Waals surface area contributed by atoms with Crippen molar-refractivity contribution >= 4 is 0 Å². The highest BCUT2D eigenvalue weighted by Crippen LogP contribution is 2.28. The van der Waals surface area contributed by atoms with Gasteiger partial charge in [0.05, 0.1) is 12.8 Å². The molecule has 1 fully saturated rings. The van der Waals surface area contributed by atoms with E-state index in [2.05, 4.69) is 11.0 Å². The van der Waals surface area contributed by atoms with E-state index in [1.807, 2.05) is 6.07 Å². The van der Waals surface area contributed by atoms with Crippen molar-refractivity contribution in [3.63, 3.8) is 0 Å². The molecule has 0 unspecified atom stereocenters. The van der Waals surface area contributed by atoms with E-state index in [1.54, 1.807) is 6.26 Å². The first-order chi connectivity index (χ1) is 8.90. The summed E-state index contributed by atoms with van der Waals surface area (Å²) in [5, 5.41) is 0. The molecule has 0 radical (unpaired) electrons. The van der Waals surface area contributed by atoms with E-state index in [1.165, 1.54) is 51.5 Å². The lowest BCUT2D eigenvalue weighted by Crippen LogP contribution is -2.26. The minimum absolute atomic E-state index is 0.819. The van der Waals surface area contributed by atoms with Crippen LogP contribution in [-0.4, -0.2) is 24.0 Å². The number of nitrogens with zero attached hydrogens (tertiary/aromatic N) is 1. The molecule has 3 heteroatoms. The minimum atomic E-state index is 0.819. The van der Waals surface area contributed by atoms with Gasteiger partial charge in [0.25, 0.3) is 0 Å². The molecule has 2 rings (SSSR count). The Kier molecular flexibility index (Phi) is 5.75. The van der Waals surface area contributed by atoms with Crippen LogP contribution in [0.1, 0.15) is 50.7 Å². The van der Waals surface area contributed by atoms with Gasteiger partial charge in [-0.15, -0.1) is 0 Å². The molecule has 0 bridgehead atoms. The Balaban J connectivity index is 1.61. The number of nitrogens with two attached hydrogens (primary N) is 1. The van der Waals surface area contributed by atoms with E-state index >= 15 is 0 Å². The number of hydrogen-bond donors (Lipinski definition) is 1. The quantitative estimate of drug-likeness (QED) is 0.649. The number of rotatable bonds is 10. The summed E-state index contributed by atoms with van der Waals surface area (Å²) in [5.41, 5.74) is 5.50. The molecular formula is C15H26N2O. The number of furan rings is 1. The van der Waals surface area contributed by atoms with Crippen LogP contribution in [0.5, 0.6) is 0 Å². The molecule has 1 aromatic heterocycles. The fourth-order valence-electron chi connectivity index (χ4n) is 2.42. The Bertz CT molecular complexity index is 306. The third-order valence-corrected chi connectivity index (χ3v) is 3.65. The second-order valence-corrected chi connectivity index (χ2v) is 5.34. The van der Waals surface area contributed by atoms with Crippen LogP contribution in [0, 0.1) is 0 Å². The summed E-state index contributed by atoms with van der Waals surface area (Å²) in [4.78, 5) is 2.59. The highest BCUT2D eigenvalue weighted by molar-refractivity contribution is 4.99. The van der Waals surface area contributed by atoms with Crippen molar-refractivity contribution in [2.45, 2.75) is 57.5 Å². The van der Waals surface area contributed by atoms with E-state index in [-0.39, 0.29) is 0 Å².